The van der Waals surface area contributed by atoms with Crippen LogP contribution >= 0.6 is 0 Å². The molecular weight excluding hydrogens is 152 g/mol. The smallest absolute Gasteiger partial charge is 0.173 e. The Labute approximate surface area is 74.2 Å². The van der Waals surface area contributed by atoms with Crippen molar-refractivity contribution in [2.45, 2.75) is 44.8 Å². The van der Waals surface area contributed by atoms with Crippen LogP contribution in [0, 0.1) is 5.41 Å². The lowest BCUT2D eigenvalue weighted by Gasteiger charge is -2.44. The van der Waals surface area contributed by atoms with Crippen LogP contribution in [0.2, 0.25) is 0 Å². The van der Waals surface area contributed by atoms with E-state index in [1.54, 1.807) is 7.11 Å². The van der Waals surface area contributed by atoms with E-state index < -0.39 is 0 Å². The van der Waals surface area contributed by atoms with E-state index in [2.05, 4.69) is 6.92 Å². The molecule has 2 rings (SSSR count). The Morgan fingerprint density at radius 2 is 1.92 bits per heavy atom. The molecule has 2 nitrogen and oxygen atoms in total. The van der Waals surface area contributed by atoms with Gasteiger partial charge in [0.05, 0.1) is 6.61 Å². The fourth-order valence-electron chi connectivity index (χ4n) is 2.78. The first kappa shape index (κ1) is 8.52. The van der Waals surface area contributed by atoms with Crippen LogP contribution in [0.25, 0.3) is 0 Å². The highest BCUT2D eigenvalue weighted by Crippen LogP contribution is 2.53. The van der Waals surface area contributed by atoms with Crippen LogP contribution in [0.15, 0.2) is 0 Å². The van der Waals surface area contributed by atoms with Gasteiger partial charge in [0.2, 0.25) is 0 Å². The van der Waals surface area contributed by atoms with Crippen molar-refractivity contribution in [1.82, 2.24) is 0 Å². The van der Waals surface area contributed by atoms with E-state index in [4.69, 9.17) is 9.47 Å². The summed E-state index contributed by atoms with van der Waals surface area (Å²) < 4.78 is 11.4. The van der Waals surface area contributed by atoms with Crippen molar-refractivity contribution in [3.8, 4) is 0 Å². The summed E-state index contributed by atoms with van der Waals surface area (Å²) in [4.78, 5) is 0. The van der Waals surface area contributed by atoms with E-state index in [-0.39, 0.29) is 5.79 Å². The molecule has 70 valence electrons. The van der Waals surface area contributed by atoms with Gasteiger partial charge in [-0.2, -0.15) is 0 Å². The standard InChI is InChI=1S/C10H18O2/c1-9-5-3-4-6-10(9,11-2)12-8-7-9/h3-8H2,1-2H3. The largest absolute Gasteiger partial charge is 0.353 e. The highest BCUT2D eigenvalue weighted by Gasteiger charge is 2.54. The van der Waals surface area contributed by atoms with Crippen LogP contribution in [0.4, 0.5) is 0 Å². The highest BCUT2D eigenvalue weighted by molar-refractivity contribution is 4.97. The van der Waals surface area contributed by atoms with Crippen molar-refractivity contribution in [3.63, 3.8) is 0 Å². The average Bonchev–Trinajstić information content (AvgIpc) is 2.42. The lowest BCUT2D eigenvalue weighted by atomic mass is 9.70. The van der Waals surface area contributed by atoms with Gasteiger partial charge in [-0.3, -0.25) is 0 Å². The first-order valence-electron chi connectivity index (χ1n) is 4.92. The van der Waals surface area contributed by atoms with Gasteiger partial charge in [0.1, 0.15) is 0 Å². The second-order valence-corrected chi connectivity index (χ2v) is 4.32. The second-order valence-electron chi connectivity index (χ2n) is 4.32. The average molecular weight is 170 g/mol. The number of methoxy groups -OCH3 is 1. The molecule has 2 heteroatoms. The van der Waals surface area contributed by atoms with Gasteiger partial charge in [0.25, 0.3) is 0 Å². The van der Waals surface area contributed by atoms with E-state index in [0.29, 0.717) is 5.41 Å². The Kier molecular flexibility index (Phi) is 1.92. The highest BCUT2D eigenvalue weighted by atomic mass is 16.7. The van der Waals surface area contributed by atoms with Gasteiger partial charge < -0.3 is 9.47 Å². The number of fused-ring (bicyclic) bond motifs is 1. The number of ether oxygens (including phenoxy) is 2. The third-order valence-corrected chi connectivity index (χ3v) is 3.72. The normalized spacial score (nSPS) is 47.5. The van der Waals surface area contributed by atoms with Crippen molar-refractivity contribution >= 4 is 0 Å². The quantitative estimate of drug-likeness (QED) is 0.601. The number of hydrogen-bond donors (Lipinski definition) is 0. The molecule has 1 heterocycles. The molecule has 1 saturated carbocycles. The molecule has 0 radical (unpaired) electrons. The van der Waals surface area contributed by atoms with Crippen molar-refractivity contribution in [1.29, 1.82) is 0 Å². The van der Waals surface area contributed by atoms with E-state index in [1.165, 1.54) is 25.7 Å². The zero-order chi connectivity index (χ0) is 8.66. The summed E-state index contributed by atoms with van der Waals surface area (Å²) in [6.07, 6.45) is 6.11. The van der Waals surface area contributed by atoms with Crippen molar-refractivity contribution in [2.24, 2.45) is 5.41 Å². The van der Waals surface area contributed by atoms with Crippen LogP contribution in [0.1, 0.15) is 39.0 Å². The molecule has 2 atom stereocenters. The molecule has 0 aromatic heterocycles. The van der Waals surface area contributed by atoms with E-state index in [0.717, 1.165) is 13.0 Å². The Balaban J connectivity index is 2.25. The minimum atomic E-state index is -0.231. The molecule has 0 bridgehead atoms. The van der Waals surface area contributed by atoms with Crippen LogP contribution in [-0.2, 0) is 9.47 Å². The Bertz CT molecular complexity index is 181. The fourth-order valence-corrected chi connectivity index (χ4v) is 2.78. The Hall–Kier alpha value is -0.0800. The van der Waals surface area contributed by atoms with Gasteiger partial charge in [-0.05, 0) is 19.3 Å². The molecule has 1 saturated heterocycles. The van der Waals surface area contributed by atoms with Gasteiger partial charge in [-0.15, -0.1) is 0 Å². The molecule has 0 N–H and O–H groups in total. The summed E-state index contributed by atoms with van der Waals surface area (Å²) in [6.45, 7) is 3.19. The van der Waals surface area contributed by atoms with Gasteiger partial charge in [-0.25, -0.2) is 0 Å². The first-order valence-corrected chi connectivity index (χ1v) is 4.92. The summed E-state index contributed by atoms with van der Waals surface area (Å²) >= 11 is 0. The van der Waals surface area contributed by atoms with E-state index in [1.807, 2.05) is 0 Å². The minimum absolute atomic E-state index is 0.231. The lowest BCUT2D eigenvalue weighted by molar-refractivity contribution is -0.256. The molecule has 2 aliphatic rings. The Morgan fingerprint density at radius 3 is 2.58 bits per heavy atom. The molecule has 0 spiro atoms. The molecule has 1 aliphatic carbocycles. The molecule has 2 unspecified atom stereocenters. The molecule has 1 aliphatic heterocycles. The molecule has 0 aromatic carbocycles. The molecule has 0 aromatic rings. The maximum atomic E-state index is 5.77. The maximum Gasteiger partial charge on any atom is 0.173 e. The van der Waals surface area contributed by atoms with Crippen LogP contribution < -0.4 is 0 Å². The predicted molar refractivity (Wildman–Crippen MR) is 46.9 cm³/mol. The summed E-state index contributed by atoms with van der Waals surface area (Å²) in [5, 5.41) is 0. The Morgan fingerprint density at radius 1 is 1.17 bits per heavy atom. The van der Waals surface area contributed by atoms with Crippen LogP contribution in [-0.4, -0.2) is 19.5 Å². The van der Waals surface area contributed by atoms with Crippen LogP contribution in [0.3, 0.4) is 0 Å². The van der Waals surface area contributed by atoms with Crippen LogP contribution in [0.5, 0.6) is 0 Å². The van der Waals surface area contributed by atoms with Gasteiger partial charge in [0.15, 0.2) is 5.79 Å². The molecular formula is C10H18O2. The topological polar surface area (TPSA) is 18.5 Å². The predicted octanol–water partition coefficient (Wildman–Crippen LogP) is 2.33. The number of rotatable bonds is 1. The molecule has 12 heavy (non-hydrogen) atoms. The van der Waals surface area contributed by atoms with Crippen molar-refractivity contribution in [3.05, 3.63) is 0 Å². The van der Waals surface area contributed by atoms with Gasteiger partial charge in [-0.1, -0.05) is 13.3 Å². The second kappa shape index (κ2) is 2.71. The van der Waals surface area contributed by atoms with Gasteiger partial charge in [0, 0.05) is 18.9 Å². The lowest BCUT2D eigenvalue weighted by Crippen LogP contribution is -2.47. The summed E-state index contributed by atoms with van der Waals surface area (Å²) in [7, 11) is 1.79. The van der Waals surface area contributed by atoms with E-state index in [9.17, 15) is 0 Å². The third-order valence-electron chi connectivity index (χ3n) is 3.72. The zero-order valence-corrected chi connectivity index (χ0v) is 8.06. The summed E-state index contributed by atoms with van der Waals surface area (Å²) in [5.41, 5.74) is 0.292. The van der Waals surface area contributed by atoms with Gasteiger partial charge >= 0.3 is 0 Å². The maximum absolute atomic E-state index is 5.77. The van der Waals surface area contributed by atoms with Crippen molar-refractivity contribution < 1.29 is 9.47 Å². The zero-order valence-electron chi connectivity index (χ0n) is 8.06. The number of hydrogen-bond acceptors (Lipinski definition) is 2. The molecule has 0 amide bonds. The summed E-state index contributed by atoms with van der Waals surface area (Å²) in [5.74, 6) is -0.231. The third kappa shape index (κ3) is 0.944. The minimum Gasteiger partial charge on any atom is -0.353 e. The summed E-state index contributed by atoms with van der Waals surface area (Å²) in [6, 6.07) is 0. The van der Waals surface area contributed by atoms with E-state index >= 15 is 0 Å². The first-order chi connectivity index (χ1) is 5.72. The monoisotopic (exact) mass is 170 g/mol. The fraction of sp³-hybridized carbons (Fsp3) is 1.00. The SMILES string of the molecule is COC12CCCCC1(C)CCO2. The van der Waals surface area contributed by atoms with Crippen molar-refractivity contribution in [2.75, 3.05) is 13.7 Å². The molecule has 2 fully saturated rings.